The summed E-state index contributed by atoms with van der Waals surface area (Å²) in [6.45, 7) is 0. The number of thiazole rings is 1. The van der Waals surface area contributed by atoms with Gasteiger partial charge in [0.25, 0.3) is 5.91 Å². The molecule has 2 N–H and O–H groups in total. The molecule has 0 bridgehead atoms. The summed E-state index contributed by atoms with van der Waals surface area (Å²) in [6.07, 6.45) is -0.0278. The van der Waals surface area contributed by atoms with Gasteiger partial charge in [-0.15, -0.1) is 11.3 Å². The number of halogens is 1. The third-order valence-corrected chi connectivity index (χ3v) is 6.67. The van der Waals surface area contributed by atoms with E-state index in [0.29, 0.717) is 11.1 Å². The van der Waals surface area contributed by atoms with Crippen molar-refractivity contribution in [1.82, 2.24) is 15.8 Å². The number of hydrazine groups is 1. The lowest BCUT2D eigenvalue weighted by molar-refractivity contribution is -0.121. The van der Waals surface area contributed by atoms with Crippen LogP contribution in [0.25, 0.3) is 10.2 Å². The summed E-state index contributed by atoms with van der Waals surface area (Å²) in [5.41, 5.74) is 7.76. The van der Waals surface area contributed by atoms with E-state index < -0.39 is 17.6 Å². The second-order valence-corrected chi connectivity index (χ2v) is 9.00. The number of carbonyl (C=O) groups excluding carboxylic acids is 2. The molecule has 0 atom stereocenters. The highest BCUT2D eigenvalue weighted by Gasteiger charge is 2.09. The highest BCUT2D eigenvalue weighted by atomic mass is 32.2. The third kappa shape index (κ3) is 5.68. The number of nitrogens with one attached hydrogen (secondary N) is 2. The number of hydrogen-bond donors (Lipinski definition) is 2. The fourth-order valence-corrected chi connectivity index (χ4v) is 4.91. The zero-order chi connectivity index (χ0) is 21.6. The van der Waals surface area contributed by atoms with E-state index in [1.165, 1.54) is 18.2 Å². The first-order chi connectivity index (χ1) is 15.1. The van der Waals surface area contributed by atoms with Gasteiger partial charge >= 0.3 is 0 Å². The lowest BCUT2D eigenvalue weighted by Crippen LogP contribution is -2.42. The maximum atomic E-state index is 13.2. The summed E-state index contributed by atoms with van der Waals surface area (Å²) in [5, 5.41) is 0. The van der Waals surface area contributed by atoms with Crippen LogP contribution in [0.2, 0.25) is 0 Å². The van der Waals surface area contributed by atoms with Crippen molar-refractivity contribution in [3.05, 3.63) is 95.3 Å². The number of fused-ring (bicyclic) bond motifs is 1. The number of para-hydroxylation sites is 1. The van der Waals surface area contributed by atoms with Crippen LogP contribution in [-0.2, 0) is 17.0 Å². The average molecular weight is 452 g/mol. The van der Waals surface area contributed by atoms with Crippen molar-refractivity contribution in [2.45, 2.75) is 16.5 Å². The van der Waals surface area contributed by atoms with Crippen LogP contribution in [0.3, 0.4) is 0 Å². The first-order valence-electron chi connectivity index (χ1n) is 9.48. The normalized spacial score (nSPS) is 10.7. The van der Waals surface area contributed by atoms with Gasteiger partial charge in [-0.3, -0.25) is 20.4 Å². The molecular formula is C23H18FN3O2S2. The van der Waals surface area contributed by atoms with E-state index in [1.807, 2.05) is 30.3 Å². The van der Waals surface area contributed by atoms with Crippen LogP contribution < -0.4 is 10.9 Å². The van der Waals surface area contributed by atoms with Crippen molar-refractivity contribution in [1.29, 1.82) is 0 Å². The van der Waals surface area contributed by atoms with Gasteiger partial charge in [-0.05, 0) is 47.5 Å². The van der Waals surface area contributed by atoms with Crippen LogP contribution >= 0.6 is 23.1 Å². The molecule has 3 aromatic carbocycles. The van der Waals surface area contributed by atoms with Crippen molar-refractivity contribution >= 4 is 45.1 Å². The molecule has 156 valence electrons. The maximum Gasteiger partial charge on any atom is 0.269 e. The van der Waals surface area contributed by atoms with E-state index in [2.05, 4.69) is 21.9 Å². The number of amides is 2. The minimum absolute atomic E-state index is 0.0278. The van der Waals surface area contributed by atoms with Gasteiger partial charge in [0, 0.05) is 11.3 Å². The van der Waals surface area contributed by atoms with Gasteiger partial charge in [0.2, 0.25) is 5.91 Å². The van der Waals surface area contributed by atoms with Gasteiger partial charge < -0.3 is 0 Å². The minimum Gasteiger partial charge on any atom is -0.273 e. The molecule has 4 aromatic rings. The molecule has 0 saturated heterocycles. The molecule has 0 fully saturated rings. The quantitative estimate of drug-likeness (QED) is 0.328. The molecule has 31 heavy (non-hydrogen) atoms. The zero-order valence-electron chi connectivity index (χ0n) is 16.3. The molecule has 5 nitrogen and oxygen atoms in total. The Morgan fingerprint density at radius 1 is 0.935 bits per heavy atom. The second-order valence-electron chi connectivity index (χ2n) is 6.74. The Balaban J connectivity index is 1.27. The Kier molecular flexibility index (Phi) is 6.59. The van der Waals surface area contributed by atoms with Crippen molar-refractivity contribution < 1.29 is 14.0 Å². The Morgan fingerprint density at radius 2 is 1.74 bits per heavy atom. The Hall–Kier alpha value is -3.23. The van der Waals surface area contributed by atoms with E-state index >= 15 is 0 Å². The predicted octanol–water partition coefficient (Wildman–Crippen LogP) is 4.73. The number of thioether (sulfide) groups is 1. The number of aromatic nitrogens is 1. The van der Waals surface area contributed by atoms with Crippen LogP contribution in [0.1, 0.15) is 21.5 Å². The van der Waals surface area contributed by atoms with Gasteiger partial charge in [-0.25, -0.2) is 9.37 Å². The number of rotatable bonds is 6. The number of carbonyl (C=O) groups is 2. The number of hydrogen-bond acceptors (Lipinski definition) is 5. The lowest BCUT2D eigenvalue weighted by atomic mass is 10.1. The van der Waals surface area contributed by atoms with E-state index in [9.17, 15) is 14.0 Å². The van der Waals surface area contributed by atoms with Gasteiger partial charge in [-0.2, -0.15) is 0 Å². The Labute approximate surface area is 186 Å². The van der Waals surface area contributed by atoms with Crippen LogP contribution in [0.5, 0.6) is 0 Å². The summed E-state index contributed by atoms with van der Waals surface area (Å²) < 4.78 is 15.3. The monoisotopic (exact) mass is 451 g/mol. The first-order valence-corrected chi connectivity index (χ1v) is 11.3. The molecule has 2 amide bonds. The maximum absolute atomic E-state index is 13.2. The van der Waals surface area contributed by atoms with Gasteiger partial charge in [0.15, 0.2) is 4.34 Å². The molecule has 0 radical (unpaired) electrons. The SMILES string of the molecule is O=C(Cc1cccc(F)c1)NNC(=O)c1ccc(CSc2nc3ccccc3s2)cc1. The van der Waals surface area contributed by atoms with Gasteiger partial charge in [0.05, 0.1) is 16.6 Å². The molecule has 4 rings (SSSR count). The van der Waals surface area contributed by atoms with E-state index in [-0.39, 0.29) is 6.42 Å². The minimum atomic E-state index is -0.428. The largest absolute Gasteiger partial charge is 0.273 e. The lowest BCUT2D eigenvalue weighted by Gasteiger charge is -2.08. The fraction of sp³-hybridized carbons (Fsp3) is 0.0870. The Morgan fingerprint density at radius 3 is 2.52 bits per heavy atom. The molecular weight excluding hydrogens is 433 g/mol. The predicted molar refractivity (Wildman–Crippen MR) is 121 cm³/mol. The molecule has 1 heterocycles. The third-order valence-electron chi connectivity index (χ3n) is 4.42. The molecule has 0 spiro atoms. The van der Waals surface area contributed by atoms with Gasteiger partial charge in [-0.1, -0.05) is 48.2 Å². The van der Waals surface area contributed by atoms with E-state index in [4.69, 9.17) is 0 Å². The molecule has 1 aromatic heterocycles. The van der Waals surface area contributed by atoms with Crippen LogP contribution in [-0.4, -0.2) is 16.8 Å². The average Bonchev–Trinajstić information content (AvgIpc) is 3.19. The molecule has 0 saturated carbocycles. The highest BCUT2D eigenvalue weighted by Crippen LogP contribution is 2.31. The molecule has 0 aliphatic rings. The first kappa shape index (κ1) is 21.0. The molecule has 8 heteroatoms. The smallest absolute Gasteiger partial charge is 0.269 e. The van der Waals surface area contributed by atoms with Crippen LogP contribution in [0.15, 0.2) is 77.1 Å². The van der Waals surface area contributed by atoms with Crippen LogP contribution in [0.4, 0.5) is 4.39 Å². The fourth-order valence-electron chi connectivity index (χ4n) is 2.89. The standard InChI is InChI=1S/C23H18FN3O2S2/c24-18-5-3-4-16(12-18)13-21(28)26-27-22(29)17-10-8-15(9-11-17)14-30-23-25-19-6-1-2-7-20(19)31-23/h1-12H,13-14H2,(H,26,28)(H,27,29). The number of benzene rings is 3. The number of nitrogens with zero attached hydrogens (tertiary/aromatic N) is 1. The van der Waals surface area contributed by atoms with Crippen molar-refractivity contribution in [3.63, 3.8) is 0 Å². The molecule has 0 aliphatic carbocycles. The summed E-state index contributed by atoms with van der Waals surface area (Å²) >= 11 is 3.31. The van der Waals surface area contributed by atoms with Gasteiger partial charge in [0.1, 0.15) is 5.82 Å². The summed E-state index contributed by atoms with van der Waals surface area (Å²) in [4.78, 5) is 28.8. The molecule has 0 aliphatic heterocycles. The van der Waals surface area contributed by atoms with Crippen molar-refractivity contribution in [2.75, 3.05) is 0 Å². The zero-order valence-corrected chi connectivity index (χ0v) is 17.9. The highest BCUT2D eigenvalue weighted by molar-refractivity contribution is 8.00. The Bertz CT molecular complexity index is 1190. The van der Waals surface area contributed by atoms with Crippen LogP contribution in [0, 0.1) is 5.82 Å². The second kappa shape index (κ2) is 9.72. The summed E-state index contributed by atoms with van der Waals surface area (Å²) in [7, 11) is 0. The van der Waals surface area contributed by atoms with Crippen molar-refractivity contribution in [3.8, 4) is 0 Å². The summed E-state index contributed by atoms with van der Waals surface area (Å²) in [6, 6.07) is 21.0. The van der Waals surface area contributed by atoms with E-state index in [1.54, 1.807) is 41.3 Å². The van der Waals surface area contributed by atoms with E-state index in [0.717, 1.165) is 25.9 Å². The summed E-state index contributed by atoms with van der Waals surface area (Å²) in [5.74, 6) is -0.511. The van der Waals surface area contributed by atoms with Crippen molar-refractivity contribution in [2.24, 2.45) is 0 Å². The topological polar surface area (TPSA) is 71.1 Å². The molecule has 0 unspecified atom stereocenters.